The third-order valence-corrected chi connectivity index (χ3v) is 4.16. The average molecular weight is 362 g/mol. The Labute approximate surface area is 155 Å². The molecule has 1 atom stereocenters. The van der Waals surface area contributed by atoms with Crippen LogP contribution in [0, 0.1) is 0 Å². The number of aliphatic imine (C=N–C) groups is 1. The van der Waals surface area contributed by atoms with Gasteiger partial charge in [-0.3, -0.25) is 4.79 Å². The molecular weight excluding hydrogens is 332 g/mol. The standard InChI is InChI=1S/C19H30N4O3/c1-19(2)12-15(14-8-6-7-9-16(14)26-19)22-18(20-10-11-25-5)21-13-17(24)23(3)4/h6-9,15H,10-13H2,1-5H3,(H2,20,21,22). The highest BCUT2D eigenvalue weighted by molar-refractivity contribution is 5.85. The molecule has 1 aliphatic rings. The fourth-order valence-corrected chi connectivity index (χ4v) is 2.81. The summed E-state index contributed by atoms with van der Waals surface area (Å²) < 4.78 is 11.2. The van der Waals surface area contributed by atoms with Gasteiger partial charge in [-0.1, -0.05) is 18.2 Å². The minimum Gasteiger partial charge on any atom is -0.487 e. The lowest BCUT2D eigenvalue weighted by Crippen LogP contribution is -2.46. The van der Waals surface area contributed by atoms with E-state index < -0.39 is 0 Å². The number of likely N-dealkylation sites (N-methyl/N-ethyl adjacent to an activating group) is 1. The Hall–Kier alpha value is -2.28. The fourth-order valence-electron chi connectivity index (χ4n) is 2.81. The number of fused-ring (bicyclic) bond motifs is 1. The van der Waals surface area contributed by atoms with E-state index in [1.54, 1.807) is 21.2 Å². The molecule has 1 amide bonds. The molecule has 26 heavy (non-hydrogen) atoms. The highest BCUT2D eigenvalue weighted by Gasteiger charge is 2.34. The van der Waals surface area contributed by atoms with E-state index in [0.29, 0.717) is 19.1 Å². The van der Waals surface area contributed by atoms with E-state index in [2.05, 4.69) is 35.5 Å². The first kappa shape index (κ1) is 20.0. The van der Waals surface area contributed by atoms with Crippen LogP contribution < -0.4 is 15.4 Å². The van der Waals surface area contributed by atoms with Gasteiger partial charge in [0.15, 0.2) is 5.96 Å². The molecule has 0 saturated heterocycles. The number of nitrogens with one attached hydrogen (secondary N) is 2. The number of nitrogens with zero attached hydrogens (tertiary/aromatic N) is 2. The van der Waals surface area contributed by atoms with Gasteiger partial charge in [0.25, 0.3) is 0 Å². The lowest BCUT2D eigenvalue weighted by Gasteiger charge is -2.38. The molecule has 144 valence electrons. The van der Waals surface area contributed by atoms with Crippen molar-refractivity contribution in [2.75, 3.05) is 40.9 Å². The maximum absolute atomic E-state index is 11.9. The van der Waals surface area contributed by atoms with Crippen molar-refractivity contribution >= 4 is 11.9 Å². The van der Waals surface area contributed by atoms with E-state index in [4.69, 9.17) is 9.47 Å². The van der Waals surface area contributed by atoms with E-state index in [1.807, 2.05) is 18.2 Å². The van der Waals surface area contributed by atoms with Gasteiger partial charge in [-0.2, -0.15) is 0 Å². The Morgan fingerprint density at radius 3 is 2.81 bits per heavy atom. The van der Waals surface area contributed by atoms with Crippen LogP contribution in [0.15, 0.2) is 29.3 Å². The molecule has 0 aromatic heterocycles. The van der Waals surface area contributed by atoms with Crippen LogP contribution >= 0.6 is 0 Å². The summed E-state index contributed by atoms with van der Waals surface area (Å²) in [5.74, 6) is 1.42. The fraction of sp³-hybridized carbons (Fsp3) is 0.579. The number of rotatable bonds is 6. The van der Waals surface area contributed by atoms with Crippen LogP contribution in [-0.4, -0.2) is 63.3 Å². The van der Waals surface area contributed by atoms with Crippen LogP contribution in [0.4, 0.5) is 0 Å². The summed E-state index contributed by atoms with van der Waals surface area (Å²) in [6.45, 7) is 5.39. The molecule has 0 spiro atoms. The van der Waals surface area contributed by atoms with Gasteiger partial charge in [-0.15, -0.1) is 0 Å². The summed E-state index contributed by atoms with van der Waals surface area (Å²) in [5, 5.41) is 6.68. The summed E-state index contributed by atoms with van der Waals surface area (Å²) in [4.78, 5) is 17.9. The highest BCUT2D eigenvalue weighted by atomic mass is 16.5. The molecule has 1 aromatic carbocycles. The third-order valence-electron chi connectivity index (χ3n) is 4.16. The van der Waals surface area contributed by atoms with Crippen LogP contribution in [0.5, 0.6) is 5.75 Å². The molecule has 0 saturated carbocycles. The van der Waals surface area contributed by atoms with Crippen molar-refractivity contribution in [1.29, 1.82) is 0 Å². The van der Waals surface area contributed by atoms with Gasteiger partial charge in [0.1, 0.15) is 17.9 Å². The van der Waals surface area contributed by atoms with Gasteiger partial charge in [0.05, 0.1) is 12.6 Å². The Morgan fingerprint density at radius 1 is 1.38 bits per heavy atom. The summed E-state index contributed by atoms with van der Waals surface area (Å²) >= 11 is 0. The summed E-state index contributed by atoms with van der Waals surface area (Å²) in [7, 11) is 5.10. The lowest BCUT2D eigenvalue weighted by atomic mass is 9.90. The van der Waals surface area contributed by atoms with Crippen molar-refractivity contribution in [3.8, 4) is 5.75 Å². The van der Waals surface area contributed by atoms with Gasteiger partial charge in [-0.05, 0) is 19.9 Å². The normalized spacial score (nSPS) is 18.5. The maximum Gasteiger partial charge on any atom is 0.243 e. The number of ether oxygens (including phenoxy) is 2. The average Bonchev–Trinajstić information content (AvgIpc) is 2.58. The summed E-state index contributed by atoms with van der Waals surface area (Å²) in [6.07, 6.45) is 0.788. The van der Waals surface area contributed by atoms with Crippen molar-refractivity contribution in [2.24, 2.45) is 4.99 Å². The molecule has 7 nitrogen and oxygen atoms in total. The number of carbonyl (C=O) groups is 1. The third kappa shape index (κ3) is 5.62. The van der Waals surface area contributed by atoms with E-state index in [0.717, 1.165) is 17.7 Å². The Kier molecular flexibility index (Phi) is 6.85. The van der Waals surface area contributed by atoms with Crippen LogP contribution in [-0.2, 0) is 9.53 Å². The molecule has 0 radical (unpaired) electrons. The largest absolute Gasteiger partial charge is 0.487 e. The van der Waals surface area contributed by atoms with Crippen molar-refractivity contribution < 1.29 is 14.3 Å². The van der Waals surface area contributed by atoms with Gasteiger partial charge in [0.2, 0.25) is 5.91 Å². The molecular formula is C19H30N4O3. The molecule has 2 N–H and O–H groups in total. The molecule has 0 aliphatic carbocycles. The number of amides is 1. The minimum absolute atomic E-state index is 0.0400. The van der Waals surface area contributed by atoms with E-state index >= 15 is 0 Å². The monoisotopic (exact) mass is 362 g/mol. The van der Waals surface area contributed by atoms with Crippen molar-refractivity contribution in [3.63, 3.8) is 0 Å². The van der Waals surface area contributed by atoms with E-state index in [9.17, 15) is 4.79 Å². The molecule has 7 heteroatoms. The molecule has 1 aromatic rings. The number of benzene rings is 1. The van der Waals surface area contributed by atoms with Crippen LogP contribution in [0.25, 0.3) is 0 Å². The number of guanidine groups is 1. The zero-order chi connectivity index (χ0) is 19.2. The van der Waals surface area contributed by atoms with Crippen LogP contribution in [0.1, 0.15) is 31.9 Å². The van der Waals surface area contributed by atoms with Crippen molar-refractivity contribution in [2.45, 2.75) is 31.9 Å². The molecule has 0 fully saturated rings. The first-order valence-corrected chi connectivity index (χ1v) is 8.84. The molecule has 2 rings (SSSR count). The smallest absolute Gasteiger partial charge is 0.243 e. The van der Waals surface area contributed by atoms with Gasteiger partial charge in [0, 0.05) is 39.7 Å². The summed E-state index contributed by atoms with van der Waals surface area (Å²) in [6, 6.07) is 8.05. The Bertz CT molecular complexity index is 643. The second-order valence-corrected chi connectivity index (χ2v) is 7.17. The Morgan fingerprint density at radius 2 is 2.12 bits per heavy atom. The van der Waals surface area contributed by atoms with Gasteiger partial charge in [-0.25, -0.2) is 4.99 Å². The first-order chi connectivity index (χ1) is 12.3. The van der Waals surface area contributed by atoms with E-state index in [1.165, 1.54) is 4.90 Å². The van der Waals surface area contributed by atoms with Gasteiger partial charge < -0.3 is 25.0 Å². The quantitative estimate of drug-likeness (QED) is 0.456. The lowest BCUT2D eigenvalue weighted by molar-refractivity contribution is -0.127. The summed E-state index contributed by atoms with van der Waals surface area (Å²) in [5.41, 5.74) is 0.801. The van der Waals surface area contributed by atoms with Crippen LogP contribution in [0.3, 0.4) is 0 Å². The number of carbonyl (C=O) groups excluding carboxylic acids is 1. The van der Waals surface area contributed by atoms with Crippen molar-refractivity contribution in [3.05, 3.63) is 29.8 Å². The zero-order valence-corrected chi connectivity index (χ0v) is 16.3. The topological polar surface area (TPSA) is 75.2 Å². The number of methoxy groups -OCH3 is 1. The van der Waals surface area contributed by atoms with Gasteiger partial charge >= 0.3 is 0 Å². The number of hydrogen-bond acceptors (Lipinski definition) is 4. The first-order valence-electron chi connectivity index (χ1n) is 8.84. The molecule has 1 unspecified atom stereocenters. The Balaban J connectivity index is 2.17. The van der Waals surface area contributed by atoms with Crippen molar-refractivity contribution in [1.82, 2.24) is 15.5 Å². The SMILES string of the molecule is COCCNC(=NCC(=O)N(C)C)NC1CC(C)(C)Oc2ccccc21. The molecule has 1 heterocycles. The molecule has 1 aliphatic heterocycles. The predicted octanol–water partition coefficient (Wildman–Crippen LogP) is 1.56. The maximum atomic E-state index is 11.9. The minimum atomic E-state index is -0.289. The number of para-hydroxylation sites is 1. The second kappa shape index (κ2) is 8.89. The van der Waals surface area contributed by atoms with Crippen LogP contribution in [0.2, 0.25) is 0 Å². The zero-order valence-electron chi connectivity index (χ0n) is 16.3. The second-order valence-electron chi connectivity index (χ2n) is 7.17. The molecule has 0 bridgehead atoms. The number of hydrogen-bond donors (Lipinski definition) is 2. The van der Waals surface area contributed by atoms with E-state index in [-0.39, 0.29) is 24.1 Å². The highest BCUT2D eigenvalue weighted by Crippen LogP contribution is 2.39. The predicted molar refractivity (Wildman–Crippen MR) is 103 cm³/mol.